The fraction of sp³-hybridized carbons (Fsp3) is 1.00. The highest BCUT2D eigenvalue weighted by Crippen LogP contribution is 2.43. The average molecular weight is 198 g/mol. The van der Waals surface area contributed by atoms with Crippen molar-refractivity contribution in [1.82, 2.24) is 0 Å². The molecule has 0 radical (unpaired) electrons. The van der Waals surface area contributed by atoms with Gasteiger partial charge in [-0.15, -0.1) is 0 Å². The van der Waals surface area contributed by atoms with Gasteiger partial charge in [0.1, 0.15) is 0 Å². The van der Waals surface area contributed by atoms with Crippen LogP contribution >= 0.6 is 0 Å². The van der Waals surface area contributed by atoms with E-state index in [0.717, 1.165) is 19.4 Å². The van der Waals surface area contributed by atoms with E-state index < -0.39 is 0 Å². The molecule has 1 N–H and O–H groups in total. The molecule has 0 spiro atoms. The molecule has 2 rings (SSSR count). The molecule has 4 atom stereocenters. The Morgan fingerprint density at radius 1 is 1.21 bits per heavy atom. The third-order valence-electron chi connectivity index (χ3n) is 3.86. The number of hydrogen-bond acceptors (Lipinski definition) is 2. The van der Waals surface area contributed by atoms with E-state index in [0.29, 0.717) is 17.9 Å². The molecule has 0 heterocycles. The number of aliphatic hydroxyl groups excluding tert-OH is 1. The highest BCUT2D eigenvalue weighted by molar-refractivity contribution is 4.92. The van der Waals surface area contributed by atoms with Crippen LogP contribution in [-0.4, -0.2) is 23.9 Å². The lowest BCUT2D eigenvalue weighted by atomic mass is 9.84. The molecule has 14 heavy (non-hydrogen) atoms. The maximum absolute atomic E-state index is 9.84. The quantitative estimate of drug-likeness (QED) is 0.703. The van der Waals surface area contributed by atoms with E-state index in [1.165, 1.54) is 25.7 Å². The van der Waals surface area contributed by atoms with Gasteiger partial charge in [-0.2, -0.15) is 0 Å². The van der Waals surface area contributed by atoms with Gasteiger partial charge in [-0.1, -0.05) is 13.3 Å². The van der Waals surface area contributed by atoms with Crippen LogP contribution in [0.4, 0.5) is 0 Å². The van der Waals surface area contributed by atoms with E-state index in [1.54, 1.807) is 0 Å². The molecule has 0 amide bonds. The zero-order valence-electron chi connectivity index (χ0n) is 9.11. The van der Waals surface area contributed by atoms with Gasteiger partial charge in [-0.05, 0) is 43.9 Å². The summed E-state index contributed by atoms with van der Waals surface area (Å²) < 4.78 is 5.84. The number of fused-ring (bicyclic) bond motifs is 2. The Hall–Kier alpha value is -0.0800. The average Bonchev–Trinajstić information content (AvgIpc) is 2.41. The summed E-state index contributed by atoms with van der Waals surface area (Å²) in [6, 6.07) is 0. The molecule has 2 nitrogen and oxygen atoms in total. The molecule has 0 aromatic heterocycles. The summed E-state index contributed by atoms with van der Waals surface area (Å²) in [4.78, 5) is 0. The van der Waals surface area contributed by atoms with Gasteiger partial charge in [-0.3, -0.25) is 0 Å². The first-order valence-electron chi connectivity index (χ1n) is 6.11. The summed E-state index contributed by atoms with van der Waals surface area (Å²) >= 11 is 0. The van der Waals surface area contributed by atoms with Crippen LogP contribution in [0.15, 0.2) is 0 Å². The minimum Gasteiger partial charge on any atom is -0.393 e. The molecule has 2 fully saturated rings. The number of ether oxygens (including phenoxy) is 1. The molecule has 2 saturated carbocycles. The van der Waals surface area contributed by atoms with Crippen molar-refractivity contribution in [2.75, 3.05) is 6.61 Å². The van der Waals surface area contributed by atoms with Gasteiger partial charge in [0.2, 0.25) is 0 Å². The Morgan fingerprint density at radius 3 is 2.43 bits per heavy atom. The highest BCUT2D eigenvalue weighted by atomic mass is 16.5. The van der Waals surface area contributed by atoms with Crippen LogP contribution in [0.1, 0.15) is 45.4 Å². The summed E-state index contributed by atoms with van der Waals surface area (Å²) in [5.41, 5.74) is 0. The SMILES string of the molecule is CCCCOC1C[C@H]2CC[C@@H](C1)C2O. The molecule has 82 valence electrons. The van der Waals surface area contributed by atoms with Crippen LogP contribution in [0.2, 0.25) is 0 Å². The van der Waals surface area contributed by atoms with Gasteiger partial charge in [0.05, 0.1) is 12.2 Å². The third kappa shape index (κ3) is 2.12. The molecule has 2 bridgehead atoms. The second kappa shape index (κ2) is 4.63. The lowest BCUT2D eigenvalue weighted by Gasteiger charge is -2.32. The van der Waals surface area contributed by atoms with Gasteiger partial charge in [0.25, 0.3) is 0 Å². The maximum Gasteiger partial charge on any atom is 0.0598 e. The van der Waals surface area contributed by atoms with Crippen LogP contribution in [0.25, 0.3) is 0 Å². The van der Waals surface area contributed by atoms with Crippen LogP contribution in [0.5, 0.6) is 0 Å². The fourth-order valence-corrected chi connectivity index (χ4v) is 2.97. The Bertz CT molecular complexity index is 167. The molecule has 2 heteroatoms. The monoisotopic (exact) mass is 198 g/mol. The number of rotatable bonds is 4. The molecule has 2 unspecified atom stereocenters. The number of hydrogen-bond donors (Lipinski definition) is 1. The number of aliphatic hydroxyl groups is 1. The molecule has 0 aromatic rings. The Kier molecular flexibility index (Phi) is 3.45. The second-order valence-corrected chi connectivity index (χ2v) is 4.91. The van der Waals surface area contributed by atoms with E-state index in [4.69, 9.17) is 4.74 Å². The zero-order chi connectivity index (χ0) is 9.97. The summed E-state index contributed by atoms with van der Waals surface area (Å²) in [5.74, 6) is 1.08. The first-order valence-corrected chi connectivity index (χ1v) is 6.11. The van der Waals surface area contributed by atoms with Gasteiger partial charge in [-0.25, -0.2) is 0 Å². The minimum absolute atomic E-state index is 0.0129. The molecular formula is C12H22O2. The molecular weight excluding hydrogens is 176 g/mol. The van der Waals surface area contributed by atoms with Gasteiger partial charge in [0, 0.05) is 6.61 Å². The van der Waals surface area contributed by atoms with Crippen molar-refractivity contribution in [2.24, 2.45) is 11.8 Å². The molecule has 2 aliphatic carbocycles. The van der Waals surface area contributed by atoms with Gasteiger partial charge < -0.3 is 9.84 Å². The summed E-state index contributed by atoms with van der Waals surface area (Å²) in [6.45, 7) is 3.11. The van der Waals surface area contributed by atoms with Crippen molar-refractivity contribution >= 4 is 0 Å². The van der Waals surface area contributed by atoms with Crippen molar-refractivity contribution in [1.29, 1.82) is 0 Å². The fourth-order valence-electron chi connectivity index (χ4n) is 2.97. The zero-order valence-corrected chi connectivity index (χ0v) is 9.11. The van der Waals surface area contributed by atoms with Crippen molar-refractivity contribution in [3.63, 3.8) is 0 Å². The Morgan fingerprint density at radius 2 is 1.86 bits per heavy atom. The highest BCUT2D eigenvalue weighted by Gasteiger charge is 2.41. The first kappa shape index (κ1) is 10.4. The first-order chi connectivity index (χ1) is 6.81. The standard InChI is InChI=1S/C12H22O2/c1-2-3-6-14-11-7-9-4-5-10(8-11)12(9)13/h9-13H,2-8H2,1H3/t9-,10+,11?,12?. The van der Waals surface area contributed by atoms with Gasteiger partial charge in [0.15, 0.2) is 0 Å². The van der Waals surface area contributed by atoms with Crippen LogP contribution in [0, 0.1) is 11.8 Å². The Balaban J connectivity index is 1.76. The van der Waals surface area contributed by atoms with E-state index >= 15 is 0 Å². The largest absolute Gasteiger partial charge is 0.393 e. The molecule has 0 saturated heterocycles. The topological polar surface area (TPSA) is 29.5 Å². The van der Waals surface area contributed by atoms with Crippen LogP contribution in [0.3, 0.4) is 0 Å². The van der Waals surface area contributed by atoms with Crippen molar-refractivity contribution in [3.8, 4) is 0 Å². The lowest BCUT2D eigenvalue weighted by molar-refractivity contribution is -0.0410. The number of unbranched alkanes of at least 4 members (excludes halogenated alkanes) is 1. The van der Waals surface area contributed by atoms with E-state index in [9.17, 15) is 5.11 Å². The van der Waals surface area contributed by atoms with Crippen molar-refractivity contribution < 1.29 is 9.84 Å². The van der Waals surface area contributed by atoms with Crippen LogP contribution < -0.4 is 0 Å². The molecule has 2 aliphatic rings. The predicted molar refractivity (Wildman–Crippen MR) is 56.1 cm³/mol. The van der Waals surface area contributed by atoms with E-state index in [1.807, 2.05) is 0 Å². The Labute approximate surface area is 86.6 Å². The second-order valence-electron chi connectivity index (χ2n) is 4.91. The van der Waals surface area contributed by atoms with Crippen LogP contribution in [-0.2, 0) is 4.74 Å². The van der Waals surface area contributed by atoms with E-state index in [2.05, 4.69) is 6.92 Å². The smallest absolute Gasteiger partial charge is 0.0598 e. The third-order valence-corrected chi connectivity index (χ3v) is 3.86. The molecule has 0 aliphatic heterocycles. The van der Waals surface area contributed by atoms with E-state index in [-0.39, 0.29) is 6.10 Å². The van der Waals surface area contributed by atoms with Crippen molar-refractivity contribution in [2.45, 2.75) is 57.7 Å². The summed E-state index contributed by atoms with van der Waals surface area (Å²) in [7, 11) is 0. The normalized spacial score (nSPS) is 41.6. The predicted octanol–water partition coefficient (Wildman–Crippen LogP) is 2.35. The van der Waals surface area contributed by atoms with Gasteiger partial charge >= 0.3 is 0 Å². The maximum atomic E-state index is 9.84. The molecule has 0 aromatic carbocycles. The summed E-state index contributed by atoms with van der Waals surface area (Å²) in [5, 5.41) is 9.84. The minimum atomic E-state index is -0.0129. The lowest BCUT2D eigenvalue weighted by Crippen LogP contribution is -2.34. The summed E-state index contributed by atoms with van der Waals surface area (Å²) in [6.07, 6.45) is 7.46. The van der Waals surface area contributed by atoms with Crippen molar-refractivity contribution in [3.05, 3.63) is 0 Å².